The van der Waals surface area contributed by atoms with Gasteiger partial charge in [0.15, 0.2) is 0 Å². The first-order valence-electron chi connectivity index (χ1n) is 14.4. The number of allylic oxidation sites excluding steroid dienone is 1. The molecule has 0 heterocycles. The maximum atomic E-state index is 13.5. The average Bonchev–Trinajstić information content (AvgIpc) is 2.76. The van der Waals surface area contributed by atoms with E-state index in [1.54, 1.807) is 0 Å². The van der Waals surface area contributed by atoms with Crippen molar-refractivity contribution >= 4 is 22.6 Å². The lowest BCUT2D eigenvalue weighted by Crippen LogP contribution is -2.51. The number of esters is 1. The van der Waals surface area contributed by atoms with Gasteiger partial charge in [0.05, 0.1) is 6.61 Å². The molecule has 1 aromatic rings. The van der Waals surface area contributed by atoms with Gasteiger partial charge in [0.25, 0.3) is 16.6 Å². The lowest BCUT2D eigenvalue weighted by molar-refractivity contribution is 0.0522. The molecule has 0 fully saturated rings. The maximum Gasteiger partial charge on any atom is 0.342 e. The van der Waals surface area contributed by atoms with Crippen molar-refractivity contribution < 1.29 is 18.4 Å². The number of carbonyl (C=O) groups is 1. The summed E-state index contributed by atoms with van der Waals surface area (Å²) >= 11 is 0. The van der Waals surface area contributed by atoms with Crippen LogP contribution in [0.4, 0.5) is 0 Å². The Bertz CT molecular complexity index is 873. The molecule has 212 valence electrons. The third-order valence-electron chi connectivity index (χ3n) is 8.45. The fraction of sp³-hybridized carbons (Fsp3) is 0.710. The average molecular weight is 549 g/mol. The molecule has 0 amide bonds. The summed E-state index contributed by atoms with van der Waals surface area (Å²) < 4.78 is 20.0. The van der Waals surface area contributed by atoms with Gasteiger partial charge in [-0.05, 0) is 64.6 Å². The zero-order valence-electron chi connectivity index (χ0n) is 26.4. The number of ether oxygens (including phenoxy) is 1. The lowest BCUT2D eigenvalue weighted by Gasteiger charge is -2.44. The first-order chi connectivity index (χ1) is 17.1. The number of rotatable bonds is 14. The standard InChI is InChI=1S/C31H56O4Si2/c1-16-18-27-26(15)28(34-36(20(3)4,21(5)6)22(7)8)19-29(30(27)31(32)33-17-2)35-37(23(9)10,24(11)12)25(13)14/h16,19-25H,1,17-18H2,2-15H3. The van der Waals surface area contributed by atoms with Gasteiger partial charge in [-0.3, -0.25) is 0 Å². The predicted molar refractivity (Wildman–Crippen MR) is 164 cm³/mol. The van der Waals surface area contributed by atoms with E-state index in [1.807, 2.05) is 19.1 Å². The molecule has 1 aromatic carbocycles. The second kappa shape index (κ2) is 13.5. The Hall–Kier alpha value is -1.54. The van der Waals surface area contributed by atoms with Gasteiger partial charge < -0.3 is 13.6 Å². The van der Waals surface area contributed by atoms with Crippen molar-refractivity contribution in [2.45, 2.75) is 137 Å². The van der Waals surface area contributed by atoms with Crippen molar-refractivity contribution in [2.75, 3.05) is 6.61 Å². The summed E-state index contributed by atoms with van der Waals surface area (Å²) in [5, 5.41) is 0. The summed E-state index contributed by atoms with van der Waals surface area (Å²) in [5.41, 5.74) is 4.82. The number of benzene rings is 1. The van der Waals surface area contributed by atoms with E-state index in [2.05, 4.69) is 96.6 Å². The molecule has 0 saturated carbocycles. The monoisotopic (exact) mass is 548 g/mol. The molecule has 0 aliphatic carbocycles. The lowest BCUT2D eigenvalue weighted by atomic mass is 9.97. The van der Waals surface area contributed by atoms with Crippen LogP contribution < -0.4 is 8.85 Å². The quantitative estimate of drug-likeness (QED) is 0.132. The highest BCUT2D eigenvalue weighted by atomic mass is 28.4. The molecule has 37 heavy (non-hydrogen) atoms. The molecule has 6 heteroatoms. The van der Waals surface area contributed by atoms with Gasteiger partial charge in [-0.1, -0.05) is 89.2 Å². The summed E-state index contributed by atoms with van der Waals surface area (Å²) in [5.74, 6) is 1.14. The van der Waals surface area contributed by atoms with Gasteiger partial charge in [-0.2, -0.15) is 0 Å². The van der Waals surface area contributed by atoms with Gasteiger partial charge in [0.1, 0.15) is 17.1 Å². The molecule has 0 saturated heterocycles. The molecule has 0 atom stereocenters. The van der Waals surface area contributed by atoms with E-state index in [9.17, 15) is 4.79 Å². The summed E-state index contributed by atoms with van der Waals surface area (Å²) in [4.78, 5) is 13.5. The smallest absolute Gasteiger partial charge is 0.342 e. The van der Waals surface area contributed by atoms with Gasteiger partial charge in [-0.15, -0.1) is 6.58 Å². The molecular weight excluding hydrogens is 493 g/mol. The first kappa shape index (κ1) is 33.5. The SMILES string of the molecule is C=CCc1c(C)c(O[Si](C(C)C)(C(C)C)C(C)C)cc(O[Si](C(C)C)(C(C)C)C(C)C)c1C(=O)OCC. The first-order valence-corrected chi connectivity index (χ1v) is 18.7. The van der Waals surface area contributed by atoms with Crippen LogP contribution in [0.25, 0.3) is 0 Å². The molecule has 0 aromatic heterocycles. The molecule has 1 rings (SSSR count). The second-order valence-electron chi connectivity index (χ2n) is 12.4. The summed E-state index contributed by atoms with van der Waals surface area (Å²) in [6.45, 7) is 35.6. The third-order valence-corrected chi connectivity index (χ3v) is 20.4. The Kier molecular flexibility index (Phi) is 12.2. The van der Waals surface area contributed by atoms with Crippen molar-refractivity contribution in [3.05, 3.63) is 35.4 Å². The van der Waals surface area contributed by atoms with Gasteiger partial charge in [0, 0.05) is 6.07 Å². The van der Waals surface area contributed by atoms with Crippen molar-refractivity contribution in [1.29, 1.82) is 0 Å². The fourth-order valence-electron chi connectivity index (χ4n) is 6.89. The molecule has 0 unspecified atom stereocenters. The van der Waals surface area contributed by atoms with Crippen molar-refractivity contribution in [3.8, 4) is 11.5 Å². The van der Waals surface area contributed by atoms with Crippen LogP contribution in [-0.4, -0.2) is 29.2 Å². The van der Waals surface area contributed by atoms with E-state index in [0.29, 0.717) is 57.6 Å². The van der Waals surface area contributed by atoms with Crippen molar-refractivity contribution in [2.24, 2.45) is 0 Å². The van der Waals surface area contributed by atoms with Crippen molar-refractivity contribution in [3.63, 3.8) is 0 Å². The van der Waals surface area contributed by atoms with E-state index in [-0.39, 0.29) is 5.97 Å². The minimum atomic E-state index is -2.36. The second-order valence-corrected chi connectivity index (χ2v) is 23.2. The highest BCUT2D eigenvalue weighted by Gasteiger charge is 2.49. The topological polar surface area (TPSA) is 44.8 Å². The Morgan fingerprint density at radius 1 is 0.784 bits per heavy atom. The van der Waals surface area contributed by atoms with Crippen LogP contribution in [0.5, 0.6) is 11.5 Å². The van der Waals surface area contributed by atoms with Crippen LogP contribution in [0.15, 0.2) is 18.7 Å². The van der Waals surface area contributed by atoms with Gasteiger partial charge >= 0.3 is 5.97 Å². The summed E-state index contributed by atoms with van der Waals surface area (Å²) in [6, 6.07) is 2.03. The normalized spacial score (nSPS) is 12.9. The van der Waals surface area contributed by atoms with Crippen LogP contribution >= 0.6 is 0 Å². The molecule has 0 bridgehead atoms. The van der Waals surface area contributed by atoms with Crippen LogP contribution in [-0.2, 0) is 11.2 Å². The number of hydrogen-bond donors (Lipinski definition) is 0. The van der Waals surface area contributed by atoms with E-state index in [1.165, 1.54) is 0 Å². The fourth-order valence-corrected chi connectivity index (χ4v) is 17.4. The molecule has 0 spiro atoms. The van der Waals surface area contributed by atoms with Crippen molar-refractivity contribution in [1.82, 2.24) is 0 Å². The molecule has 0 radical (unpaired) electrons. The van der Waals surface area contributed by atoms with E-state index in [4.69, 9.17) is 13.6 Å². The maximum absolute atomic E-state index is 13.5. The van der Waals surface area contributed by atoms with Crippen LogP contribution in [0.1, 0.15) is 111 Å². The molecule has 0 aliphatic rings. The molecule has 4 nitrogen and oxygen atoms in total. The Morgan fingerprint density at radius 3 is 1.49 bits per heavy atom. The minimum absolute atomic E-state index is 0.314. The summed E-state index contributed by atoms with van der Waals surface area (Å²) in [7, 11) is -4.60. The predicted octanol–water partition coefficient (Wildman–Crippen LogP) is 10.0. The number of hydrogen-bond acceptors (Lipinski definition) is 4. The van der Waals surface area contributed by atoms with E-state index in [0.717, 1.165) is 16.9 Å². The zero-order valence-corrected chi connectivity index (χ0v) is 28.4. The molecule has 0 N–H and O–H groups in total. The Balaban J connectivity index is 4.14. The highest BCUT2D eigenvalue weighted by molar-refractivity contribution is 6.79. The summed E-state index contributed by atoms with van der Waals surface area (Å²) in [6.07, 6.45) is 2.40. The van der Waals surface area contributed by atoms with Crippen LogP contribution in [0, 0.1) is 6.92 Å². The Morgan fingerprint density at radius 2 is 1.16 bits per heavy atom. The zero-order chi connectivity index (χ0) is 28.9. The van der Waals surface area contributed by atoms with Crippen LogP contribution in [0.2, 0.25) is 33.2 Å². The number of carbonyl (C=O) groups excluding carboxylic acids is 1. The largest absolute Gasteiger partial charge is 0.542 e. The van der Waals surface area contributed by atoms with E-state index < -0.39 is 16.6 Å². The highest BCUT2D eigenvalue weighted by Crippen LogP contribution is 2.48. The third kappa shape index (κ3) is 6.55. The van der Waals surface area contributed by atoms with Gasteiger partial charge in [-0.25, -0.2) is 4.79 Å². The van der Waals surface area contributed by atoms with Crippen LogP contribution in [0.3, 0.4) is 0 Å². The molecular formula is C31H56O4Si2. The van der Waals surface area contributed by atoms with Gasteiger partial charge in [0.2, 0.25) is 0 Å². The minimum Gasteiger partial charge on any atom is -0.542 e. The molecule has 0 aliphatic heterocycles. The Labute approximate surface area is 230 Å². The van der Waals surface area contributed by atoms with E-state index >= 15 is 0 Å².